The average Bonchev–Trinajstić information content (AvgIpc) is 3.05. The predicted molar refractivity (Wildman–Crippen MR) is 106 cm³/mol. The lowest BCUT2D eigenvalue weighted by Crippen LogP contribution is -2.57. The van der Waals surface area contributed by atoms with Crippen molar-refractivity contribution in [1.29, 1.82) is 5.26 Å². The highest BCUT2D eigenvalue weighted by Crippen LogP contribution is 2.48. The molecule has 0 aromatic heterocycles. The van der Waals surface area contributed by atoms with Crippen molar-refractivity contribution in [2.45, 2.75) is 62.4 Å². The molecule has 1 saturated carbocycles. The number of hydrogen-bond acceptors (Lipinski definition) is 5. The van der Waals surface area contributed by atoms with E-state index in [1.807, 2.05) is 4.90 Å². The largest absolute Gasteiger partial charge is 0.330 e. The zero-order valence-electron chi connectivity index (χ0n) is 17.2. The second-order valence-corrected chi connectivity index (χ2v) is 9.28. The van der Waals surface area contributed by atoms with Crippen LogP contribution in [-0.2, 0) is 9.59 Å². The van der Waals surface area contributed by atoms with Gasteiger partial charge in [-0.3, -0.25) is 14.5 Å². The Bertz CT molecular complexity index is 961. The van der Waals surface area contributed by atoms with Gasteiger partial charge in [0.1, 0.15) is 17.7 Å². The maximum atomic E-state index is 13.6. The molecule has 1 aliphatic carbocycles. The summed E-state index contributed by atoms with van der Waals surface area (Å²) >= 11 is 0. The van der Waals surface area contributed by atoms with Gasteiger partial charge in [-0.25, -0.2) is 8.78 Å². The number of likely N-dealkylation sites (tertiary alicyclic amines) is 3. The van der Waals surface area contributed by atoms with Gasteiger partial charge in [0, 0.05) is 31.2 Å². The molecule has 5 rings (SSSR count). The maximum Gasteiger partial charge on any atom is 0.242 e. The summed E-state index contributed by atoms with van der Waals surface area (Å²) in [6.07, 6.45) is 2.27. The van der Waals surface area contributed by atoms with Crippen LogP contribution in [0.5, 0.6) is 0 Å². The molecule has 9 heteroatoms. The molecule has 7 atom stereocenters. The fraction of sp³-hybridized carbons (Fsp3) is 0.591. The molecule has 4 aliphatic rings. The number of hydrogen-bond donors (Lipinski definition) is 1. The zero-order chi connectivity index (χ0) is 22.0. The van der Waals surface area contributed by atoms with Crippen molar-refractivity contribution >= 4 is 11.8 Å². The van der Waals surface area contributed by atoms with E-state index in [9.17, 15) is 23.6 Å². The van der Waals surface area contributed by atoms with Crippen LogP contribution in [0.15, 0.2) is 18.2 Å². The van der Waals surface area contributed by atoms with E-state index in [-0.39, 0.29) is 36.5 Å². The van der Waals surface area contributed by atoms with Crippen molar-refractivity contribution in [1.82, 2.24) is 14.7 Å². The summed E-state index contributed by atoms with van der Waals surface area (Å²) in [5.41, 5.74) is 6.64. The van der Waals surface area contributed by atoms with Gasteiger partial charge in [-0.1, -0.05) is 0 Å². The SMILES string of the molecule is C[C@H](c1cc(F)cc(F)c1)N1C(=O)[C@@H]2CC1CN2C[C@H](N)C(=O)N1[C@H](C#N)CC2C[C@@H]21. The normalized spacial score (nSPS) is 33.4. The number of halogens is 2. The van der Waals surface area contributed by atoms with E-state index in [0.717, 1.165) is 18.9 Å². The molecule has 164 valence electrons. The first-order valence-corrected chi connectivity index (χ1v) is 10.8. The summed E-state index contributed by atoms with van der Waals surface area (Å²) in [5, 5.41) is 9.33. The Kier molecular flexibility index (Phi) is 4.75. The van der Waals surface area contributed by atoms with Crippen molar-refractivity contribution in [3.05, 3.63) is 35.4 Å². The van der Waals surface area contributed by atoms with Crippen LogP contribution >= 0.6 is 0 Å². The molecular formula is C22H25F2N5O2. The summed E-state index contributed by atoms with van der Waals surface area (Å²) in [6.45, 7) is 2.59. The minimum atomic E-state index is -0.787. The first-order chi connectivity index (χ1) is 14.8. The Morgan fingerprint density at radius 2 is 1.97 bits per heavy atom. The summed E-state index contributed by atoms with van der Waals surface area (Å²) in [7, 11) is 0. The quantitative estimate of drug-likeness (QED) is 0.758. The molecule has 0 spiro atoms. The molecule has 4 fully saturated rings. The molecule has 2 bridgehead atoms. The number of fused-ring (bicyclic) bond motifs is 3. The molecule has 31 heavy (non-hydrogen) atoms. The third-order valence-corrected chi connectivity index (χ3v) is 7.36. The van der Waals surface area contributed by atoms with Gasteiger partial charge in [0.15, 0.2) is 0 Å². The lowest BCUT2D eigenvalue weighted by molar-refractivity contribution is -0.141. The van der Waals surface area contributed by atoms with E-state index in [2.05, 4.69) is 6.07 Å². The Morgan fingerprint density at radius 3 is 2.61 bits per heavy atom. The first-order valence-electron chi connectivity index (χ1n) is 10.8. The highest BCUT2D eigenvalue weighted by atomic mass is 19.1. The lowest BCUT2D eigenvalue weighted by Gasteiger charge is -2.38. The number of carbonyl (C=O) groups excluding carboxylic acids is 2. The minimum absolute atomic E-state index is 0.0902. The second kappa shape index (κ2) is 7.24. The first kappa shape index (κ1) is 20.3. The highest BCUT2D eigenvalue weighted by molar-refractivity contribution is 5.87. The fourth-order valence-electron chi connectivity index (χ4n) is 5.79. The number of nitrogens with two attached hydrogens (primary N) is 1. The van der Waals surface area contributed by atoms with Gasteiger partial charge in [0.25, 0.3) is 0 Å². The molecule has 2 unspecified atom stereocenters. The second-order valence-electron chi connectivity index (χ2n) is 9.28. The number of piperidine rings is 1. The number of nitriles is 1. The van der Waals surface area contributed by atoms with Crippen molar-refractivity contribution in [2.75, 3.05) is 13.1 Å². The van der Waals surface area contributed by atoms with Crippen LogP contribution in [0, 0.1) is 28.9 Å². The smallest absolute Gasteiger partial charge is 0.242 e. The van der Waals surface area contributed by atoms with E-state index in [0.29, 0.717) is 24.4 Å². The molecule has 3 aliphatic heterocycles. The van der Waals surface area contributed by atoms with E-state index in [1.54, 1.807) is 16.7 Å². The fourth-order valence-corrected chi connectivity index (χ4v) is 5.79. The number of amides is 2. The molecule has 1 aromatic carbocycles. The van der Waals surface area contributed by atoms with Crippen LogP contribution in [0.4, 0.5) is 8.78 Å². The monoisotopic (exact) mass is 429 g/mol. The van der Waals surface area contributed by atoms with Crippen molar-refractivity contribution < 1.29 is 18.4 Å². The molecule has 3 saturated heterocycles. The Hall–Kier alpha value is -2.57. The maximum absolute atomic E-state index is 13.6. The van der Waals surface area contributed by atoms with Crippen LogP contribution in [0.25, 0.3) is 0 Å². The molecule has 3 heterocycles. The average molecular weight is 429 g/mol. The van der Waals surface area contributed by atoms with E-state index >= 15 is 0 Å². The minimum Gasteiger partial charge on any atom is -0.330 e. The van der Waals surface area contributed by atoms with Gasteiger partial charge in [0.2, 0.25) is 11.8 Å². The molecule has 2 amide bonds. The number of rotatable bonds is 5. The van der Waals surface area contributed by atoms with Crippen molar-refractivity contribution in [2.24, 2.45) is 11.7 Å². The summed E-state index contributed by atoms with van der Waals surface area (Å²) in [4.78, 5) is 31.2. The Labute approximate surface area is 179 Å². The third-order valence-electron chi connectivity index (χ3n) is 7.36. The Morgan fingerprint density at radius 1 is 1.26 bits per heavy atom. The highest BCUT2D eigenvalue weighted by Gasteiger charge is 2.56. The summed E-state index contributed by atoms with van der Waals surface area (Å²) in [5.74, 6) is -1.23. The van der Waals surface area contributed by atoms with Gasteiger partial charge in [-0.2, -0.15) is 5.26 Å². The van der Waals surface area contributed by atoms with Crippen LogP contribution in [0.2, 0.25) is 0 Å². The standard InChI is InChI=1S/C22H25F2N5O2/c1-11(12-2-14(23)6-15(24)3-12)28-17-7-20(22(28)31)27(9-17)10-18(26)21(30)29-16(8-25)4-13-5-19(13)29/h2-3,6,11,13,16-20H,4-5,7,9-10,26H2,1H3/t11-,13?,16+,17?,18+,19+,20+/m1/s1. The number of benzene rings is 1. The number of piperazine rings is 1. The van der Waals surface area contributed by atoms with Gasteiger partial charge in [0.05, 0.1) is 24.2 Å². The van der Waals surface area contributed by atoms with Crippen LogP contribution in [0.1, 0.15) is 37.8 Å². The van der Waals surface area contributed by atoms with E-state index in [4.69, 9.17) is 5.73 Å². The van der Waals surface area contributed by atoms with Gasteiger partial charge >= 0.3 is 0 Å². The molecule has 0 radical (unpaired) electrons. The van der Waals surface area contributed by atoms with Gasteiger partial charge < -0.3 is 15.5 Å². The van der Waals surface area contributed by atoms with Crippen LogP contribution in [-0.4, -0.2) is 69.8 Å². The third kappa shape index (κ3) is 3.29. The van der Waals surface area contributed by atoms with Gasteiger partial charge in [-0.15, -0.1) is 0 Å². The van der Waals surface area contributed by atoms with E-state index in [1.165, 1.54) is 12.1 Å². The number of nitrogens with zero attached hydrogens (tertiary/aromatic N) is 4. The van der Waals surface area contributed by atoms with Gasteiger partial charge in [-0.05, 0) is 49.8 Å². The van der Waals surface area contributed by atoms with Crippen LogP contribution in [0.3, 0.4) is 0 Å². The van der Waals surface area contributed by atoms with Crippen LogP contribution < -0.4 is 5.73 Å². The Balaban J connectivity index is 1.24. The van der Waals surface area contributed by atoms with Crippen molar-refractivity contribution in [3.63, 3.8) is 0 Å². The van der Waals surface area contributed by atoms with E-state index < -0.39 is 29.8 Å². The topological polar surface area (TPSA) is 93.7 Å². The zero-order valence-corrected chi connectivity index (χ0v) is 17.2. The van der Waals surface area contributed by atoms with Crippen molar-refractivity contribution in [3.8, 4) is 6.07 Å². The molecule has 2 N–H and O–H groups in total. The summed E-state index contributed by atoms with van der Waals surface area (Å²) in [6, 6.07) is 3.56. The number of carbonyl (C=O) groups is 2. The lowest BCUT2D eigenvalue weighted by atomic mass is 10.0. The summed E-state index contributed by atoms with van der Waals surface area (Å²) < 4.78 is 27.3. The molecule has 7 nitrogen and oxygen atoms in total. The molecule has 1 aromatic rings. The molecular weight excluding hydrogens is 404 g/mol. The predicted octanol–water partition coefficient (Wildman–Crippen LogP) is 1.15.